The average Bonchev–Trinajstić information content (AvgIpc) is 2.17. The van der Waals surface area contributed by atoms with Crippen LogP contribution >= 0.6 is 0 Å². The van der Waals surface area contributed by atoms with Crippen molar-refractivity contribution < 1.29 is 0 Å². The lowest BCUT2D eigenvalue weighted by Gasteiger charge is -2.23. The van der Waals surface area contributed by atoms with Crippen molar-refractivity contribution in [1.82, 2.24) is 0 Å². The van der Waals surface area contributed by atoms with Crippen LogP contribution in [0.15, 0.2) is 29.9 Å². The van der Waals surface area contributed by atoms with Gasteiger partial charge in [-0.3, -0.25) is 4.99 Å². The molecule has 16 heavy (non-hydrogen) atoms. The normalized spacial score (nSPS) is 13.4. The maximum Gasteiger partial charge on any atom is 0.0266 e. The number of allylic oxidation sites excluding steroid dienone is 2. The fraction of sp³-hybridized carbons (Fsp3) is 0.667. The van der Waals surface area contributed by atoms with Gasteiger partial charge >= 0.3 is 0 Å². The Labute approximate surface area is 101 Å². The Kier molecular flexibility index (Phi) is 7.88. The third kappa shape index (κ3) is 8.46. The van der Waals surface area contributed by atoms with Gasteiger partial charge in [-0.05, 0) is 44.1 Å². The Bertz CT molecular complexity index is 246. The van der Waals surface area contributed by atoms with Gasteiger partial charge < -0.3 is 0 Å². The molecule has 1 nitrogen and oxygen atoms in total. The van der Waals surface area contributed by atoms with Crippen LogP contribution in [-0.4, -0.2) is 5.71 Å². The van der Waals surface area contributed by atoms with Crippen molar-refractivity contribution in [2.75, 3.05) is 0 Å². The summed E-state index contributed by atoms with van der Waals surface area (Å²) in [7, 11) is 0. The van der Waals surface area contributed by atoms with E-state index in [2.05, 4.69) is 39.3 Å². The molecule has 0 radical (unpaired) electrons. The second kappa shape index (κ2) is 8.32. The number of hydrogen-bond donors (Lipinski definition) is 0. The highest BCUT2D eigenvalue weighted by atomic mass is 14.7. The quantitative estimate of drug-likeness (QED) is 0.397. The van der Waals surface area contributed by atoms with Crippen molar-refractivity contribution >= 4 is 5.71 Å². The summed E-state index contributed by atoms with van der Waals surface area (Å²) in [5.74, 6) is 0. The van der Waals surface area contributed by atoms with E-state index >= 15 is 0 Å². The van der Waals surface area contributed by atoms with Gasteiger partial charge in [-0.2, -0.15) is 0 Å². The summed E-state index contributed by atoms with van der Waals surface area (Å²) in [5.41, 5.74) is 1.71. The van der Waals surface area contributed by atoms with Crippen molar-refractivity contribution in [2.24, 2.45) is 10.4 Å². The molecule has 0 rings (SSSR count). The van der Waals surface area contributed by atoms with Crippen LogP contribution in [0.25, 0.3) is 0 Å². The third-order valence-electron chi connectivity index (χ3n) is 2.84. The van der Waals surface area contributed by atoms with Crippen LogP contribution in [0.3, 0.4) is 0 Å². The smallest absolute Gasteiger partial charge is 0.0266 e. The Morgan fingerprint density at radius 3 is 2.56 bits per heavy atom. The van der Waals surface area contributed by atoms with Gasteiger partial charge in [0.25, 0.3) is 0 Å². The van der Waals surface area contributed by atoms with Crippen LogP contribution in [0.4, 0.5) is 0 Å². The van der Waals surface area contributed by atoms with E-state index in [1.54, 1.807) is 6.08 Å². The van der Waals surface area contributed by atoms with Crippen LogP contribution in [0, 0.1) is 5.41 Å². The number of hydrogen-bond acceptors (Lipinski definition) is 1. The summed E-state index contributed by atoms with van der Waals surface area (Å²) >= 11 is 0. The lowest BCUT2D eigenvalue weighted by Crippen LogP contribution is -2.11. The van der Waals surface area contributed by atoms with E-state index in [4.69, 9.17) is 0 Å². The first-order chi connectivity index (χ1) is 7.52. The van der Waals surface area contributed by atoms with E-state index in [1.807, 2.05) is 12.3 Å². The minimum Gasteiger partial charge on any atom is -0.266 e. The molecule has 0 N–H and O–H groups in total. The zero-order chi connectivity index (χ0) is 12.4. The number of rotatable bonds is 8. The molecule has 0 heterocycles. The van der Waals surface area contributed by atoms with Crippen molar-refractivity contribution in [1.29, 1.82) is 0 Å². The van der Waals surface area contributed by atoms with E-state index in [9.17, 15) is 0 Å². The van der Waals surface area contributed by atoms with E-state index < -0.39 is 0 Å². The third-order valence-corrected chi connectivity index (χ3v) is 2.84. The van der Waals surface area contributed by atoms with Gasteiger partial charge in [0.05, 0.1) is 0 Å². The lowest BCUT2D eigenvalue weighted by atomic mass is 9.83. The molecule has 0 saturated carbocycles. The Hall–Kier alpha value is -0.850. The van der Waals surface area contributed by atoms with Gasteiger partial charge in [0, 0.05) is 11.9 Å². The van der Waals surface area contributed by atoms with Crippen molar-refractivity contribution in [3.8, 4) is 0 Å². The molecule has 0 aromatic rings. The minimum absolute atomic E-state index is 0.492. The first-order valence-electron chi connectivity index (χ1n) is 6.32. The molecule has 0 unspecified atom stereocenters. The first kappa shape index (κ1) is 15.2. The van der Waals surface area contributed by atoms with Crippen LogP contribution in [0.1, 0.15) is 59.8 Å². The zero-order valence-electron chi connectivity index (χ0n) is 11.4. The molecule has 0 aliphatic carbocycles. The monoisotopic (exact) mass is 221 g/mol. The van der Waals surface area contributed by atoms with Crippen molar-refractivity contribution in [3.05, 3.63) is 24.9 Å². The van der Waals surface area contributed by atoms with Gasteiger partial charge in [0.15, 0.2) is 0 Å². The molecule has 0 fully saturated rings. The summed E-state index contributed by atoms with van der Waals surface area (Å²) in [6.45, 7) is 12.7. The predicted octanol–water partition coefficient (Wildman–Crippen LogP) is 5.14. The molecule has 0 aliphatic rings. The minimum atomic E-state index is 0.492. The van der Waals surface area contributed by atoms with Crippen molar-refractivity contribution in [2.45, 2.75) is 59.8 Å². The molecular formula is C15H27N. The Balaban J connectivity index is 3.84. The fourth-order valence-electron chi connectivity index (χ4n) is 1.92. The molecule has 0 aliphatic heterocycles. The summed E-state index contributed by atoms with van der Waals surface area (Å²) in [6.07, 6.45) is 11.7. The maximum absolute atomic E-state index is 4.34. The SMILES string of the molecule is C=C/C=C\N=C(C)CCCC(C)(C)CCC. The van der Waals surface area contributed by atoms with Gasteiger partial charge in [-0.15, -0.1) is 0 Å². The number of aliphatic imine (C=N–C) groups is 1. The molecule has 0 aromatic carbocycles. The molecule has 92 valence electrons. The highest BCUT2D eigenvalue weighted by Gasteiger charge is 2.15. The molecule has 0 spiro atoms. The van der Waals surface area contributed by atoms with Crippen LogP contribution in [0.5, 0.6) is 0 Å². The molecule has 0 atom stereocenters. The largest absolute Gasteiger partial charge is 0.266 e. The highest BCUT2D eigenvalue weighted by molar-refractivity contribution is 5.82. The van der Waals surface area contributed by atoms with E-state index in [1.165, 1.54) is 31.4 Å². The highest BCUT2D eigenvalue weighted by Crippen LogP contribution is 2.28. The van der Waals surface area contributed by atoms with Crippen LogP contribution in [0.2, 0.25) is 0 Å². The average molecular weight is 221 g/mol. The van der Waals surface area contributed by atoms with E-state index in [-0.39, 0.29) is 0 Å². The second-order valence-electron chi connectivity index (χ2n) is 5.21. The molecule has 0 bridgehead atoms. The van der Waals surface area contributed by atoms with Gasteiger partial charge in [0.2, 0.25) is 0 Å². The molecule has 0 saturated heterocycles. The Morgan fingerprint density at radius 2 is 2.00 bits per heavy atom. The van der Waals surface area contributed by atoms with Crippen molar-refractivity contribution in [3.63, 3.8) is 0 Å². The zero-order valence-corrected chi connectivity index (χ0v) is 11.4. The lowest BCUT2D eigenvalue weighted by molar-refractivity contribution is 0.298. The first-order valence-corrected chi connectivity index (χ1v) is 6.32. The molecule has 0 aromatic heterocycles. The van der Waals surface area contributed by atoms with Gasteiger partial charge in [-0.25, -0.2) is 0 Å². The summed E-state index contributed by atoms with van der Waals surface area (Å²) in [4.78, 5) is 4.34. The van der Waals surface area contributed by atoms with Crippen LogP contribution < -0.4 is 0 Å². The Morgan fingerprint density at radius 1 is 1.31 bits per heavy atom. The topological polar surface area (TPSA) is 12.4 Å². The van der Waals surface area contributed by atoms with E-state index in [0.29, 0.717) is 5.41 Å². The summed E-state index contributed by atoms with van der Waals surface area (Å²) < 4.78 is 0. The summed E-state index contributed by atoms with van der Waals surface area (Å²) in [6, 6.07) is 0. The molecule has 1 heteroatoms. The van der Waals surface area contributed by atoms with Gasteiger partial charge in [-0.1, -0.05) is 39.8 Å². The van der Waals surface area contributed by atoms with E-state index in [0.717, 1.165) is 6.42 Å². The number of nitrogens with zero attached hydrogens (tertiary/aromatic N) is 1. The predicted molar refractivity (Wildman–Crippen MR) is 75.0 cm³/mol. The fourth-order valence-corrected chi connectivity index (χ4v) is 1.92. The standard InChI is InChI=1S/C15H27N/c1-6-8-13-16-14(3)10-9-12-15(4,5)11-7-2/h6,8,13H,1,7,9-12H2,2-5H3/b13-8-,16-14?. The second-order valence-corrected chi connectivity index (χ2v) is 5.21. The molecule has 0 amide bonds. The van der Waals surface area contributed by atoms with Crippen LogP contribution in [-0.2, 0) is 0 Å². The summed E-state index contributed by atoms with van der Waals surface area (Å²) in [5, 5.41) is 0. The van der Waals surface area contributed by atoms with Gasteiger partial charge in [0.1, 0.15) is 0 Å². The maximum atomic E-state index is 4.34. The molecular weight excluding hydrogens is 194 g/mol.